The zero-order valence-corrected chi connectivity index (χ0v) is 10.3. The van der Waals surface area contributed by atoms with Crippen molar-refractivity contribution in [3.8, 4) is 0 Å². The van der Waals surface area contributed by atoms with Gasteiger partial charge in [-0.15, -0.1) is 0 Å². The number of rotatable bonds is 3. The molecule has 0 fully saturated rings. The van der Waals surface area contributed by atoms with E-state index >= 15 is 0 Å². The first-order valence-corrected chi connectivity index (χ1v) is 6.04. The molecule has 2 aromatic rings. The predicted molar refractivity (Wildman–Crippen MR) is 68.0 cm³/mol. The summed E-state index contributed by atoms with van der Waals surface area (Å²) in [6, 6.07) is 8.17. The molecule has 0 bridgehead atoms. The third-order valence-electron chi connectivity index (χ3n) is 1.88. The van der Waals surface area contributed by atoms with Crippen LogP contribution >= 0.6 is 27.3 Å². The van der Waals surface area contributed by atoms with Gasteiger partial charge in [0.25, 0.3) is 0 Å². The van der Waals surface area contributed by atoms with Crippen LogP contribution in [0, 0.1) is 0 Å². The molecular formula is C10H10BrN3S. The maximum Gasteiger partial charge on any atom is 0.184 e. The van der Waals surface area contributed by atoms with Crippen molar-refractivity contribution in [3.05, 3.63) is 40.5 Å². The number of nitrogens with zero attached hydrogens (tertiary/aromatic N) is 1. The van der Waals surface area contributed by atoms with Crippen LogP contribution in [0.1, 0.15) is 5.56 Å². The lowest BCUT2D eigenvalue weighted by Gasteiger charge is -2.02. The number of nitrogen functional groups attached to an aromatic ring is 1. The molecule has 0 aliphatic heterocycles. The number of thiazole rings is 1. The molecule has 0 atom stereocenters. The lowest BCUT2D eigenvalue weighted by atomic mass is 10.2. The van der Waals surface area contributed by atoms with Gasteiger partial charge in [-0.2, -0.15) is 0 Å². The highest BCUT2D eigenvalue weighted by Crippen LogP contribution is 2.20. The number of hydrogen-bond acceptors (Lipinski definition) is 4. The monoisotopic (exact) mass is 283 g/mol. The van der Waals surface area contributed by atoms with E-state index in [2.05, 4.69) is 38.4 Å². The molecule has 0 radical (unpaired) electrons. The molecule has 0 saturated carbocycles. The van der Waals surface area contributed by atoms with Gasteiger partial charge in [-0.3, -0.25) is 0 Å². The standard InChI is InChI=1S/C10H10BrN3S/c11-8-3-1-7(2-4-8)5-13-10-14-6-9(12)15-10/h1-4,6H,5,12H2,(H,13,14). The van der Waals surface area contributed by atoms with E-state index in [1.807, 2.05) is 12.1 Å². The molecule has 0 aliphatic rings. The van der Waals surface area contributed by atoms with Crippen LogP contribution in [0.2, 0.25) is 0 Å². The topological polar surface area (TPSA) is 50.9 Å². The third-order valence-corrected chi connectivity index (χ3v) is 3.19. The first-order chi connectivity index (χ1) is 7.24. The van der Waals surface area contributed by atoms with Gasteiger partial charge in [0.15, 0.2) is 5.13 Å². The Bertz CT molecular complexity index is 438. The van der Waals surface area contributed by atoms with Crippen molar-refractivity contribution < 1.29 is 0 Å². The fourth-order valence-corrected chi connectivity index (χ4v) is 1.99. The Labute approximate surface area is 100 Å². The number of anilines is 2. The molecule has 1 aromatic carbocycles. The normalized spacial score (nSPS) is 10.2. The Morgan fingerprint density at radius 3 is 2.67 bits per heavy atom. The fraction of sp³-hybridized carbons (Fsp3) is 0.100. The van der Waals surface area contributed by atoms with Gasteiger partial charge in [-0.1, -0.05) is 39.4 Å². The summed E-state index contributed by atoms with van der Waals surface area (Å²) in [5.74, 6) is 0. The van der Waals surface area contributed by atoms with Crippen LogP contribution in [-0.2, 0) is 6.54 Å². The van der Waals surface area contributed by atoms with Crippen molar-refractivity contribution in [2.75, 3.05) is 11.1 Å². The lowest BCUT2D eigenvalue weighted by molar-refractivity contribution is 1.13. The predicted octanol–water partition coefficient (Wildman–Crippen LogP) is 3.10. The molecule has 0 saturated heterocycles. The number of hydrogen-bond donors (Lipinski definition) is 2. The summed E-state index contributed by atoms with van der Waals surface area (Å²) in [6.45, 7) is 0.764. The van der Waals surface area contributed by atoms with E-state index in [0.717, 1.165) is 21.2 Å². The van der Waals surface area contributed by atoms with E-state index in [4.69, 9.17) is 5.73 Å². The van der Waals surface area contributed by atoms with Crippen molar-refractivity contribution >= 4 is 37.4 Å². The molecule has 3 N–H and O–H groups in total. The van der Waals surface area contributed by atoms with Crippen molar-refractivity contribution in [1.29, 1.82) is 0 Å². The summed E-state index contributed by atoms with van der Waals surface area (Å²) in [5.41, 5.74) is 6.79. The average Bonchev–Trinajstić information content (AvgIpc) is 2.64. The summed E-state index contributed by atoms with van der Waals surface area (Å²) in [5, 5.41) is 4.80. The third kappa shape index (κ3) is 2.94. The summed E-state index contributed by atoms with van der Waals surface area (Å²) in [4.78, 5) is 4.12. The second-order valence-electron chi connectivity index (χ2n) is 3.05. The highest BCUT2D eigenvalue weighted by atomic mass is 79.9. The Balaban J connectivity index is 1.96. The van der Waals surface area contributed by atoms with Crippen molar-refractivity contribution in [3.63, 3.8) is 0 Å². The SMILES string of the molecule is Nc1cnc(NCc2ccc(Br)cc2)s1. The van der Waals surface area contributed by atoms with E-state index in [1.165, 1.54) is 16.9 Å². The minimum atomic E-state index is 0.730. The van der Waals surface area contributed by atoms with Gasteiger partial charge in [0, 0.05) is 11.0 Å². The van der Waals surface area contributed by atoms with Gasteiger partial charge in [-0.05, 0) is 17.7 Å². The van der Waals surface area contributed by atoms with E-state index in [1.54, 1.807) is 6.20 Å². The molecule has 2 rings (SSSR count). The van der Waals surface area contributed by atoms with Gasteiger partial charge in [-0.25, -0.2) is 4.98 Å². The average molecular weight is 284 g/mol. The Morgan fingerprint density at radius 2 is 2.07 bits per heavy atom. The van der Waals surface area contributed by atoms with Crippen LogP contribution in [0.25, 0.3) is 0 Å². The minimum absolute atomic E-state index is 0.730. The van der Waals surface area contributed by atoms with E-state index in [0.29, 0.717) is 0 Å². The fourth-order valence-electron chi connectivity index (χ4n) is 1.15. The largest absolute Gasteiger partial charge is 0.389 e. The second-order valence-corrected chi connectivity index (χ2v) is 5.03. The molecule has 15 heavy (non-hydrogen) atoms. The molecule has 78 valence electrons. The number of halogens is 1. The zero-order chi connectivity index (χ0) is 10.7. The van der Waals surface area contributed by atoms with Crippen LogP contribution in [0.5, 0.6) is 0 Å². The van der Waals surface area contributed by atoms with Crippen LogP contribution in [0.3, 0.4) is 0 Å². The molecule has 1 heterocycles. The van der Waals surface area contributed by atoms with Crippen LogP contribution in [0.15, 0.2) is 34.9 Å². The van der Waals surface area contributed by atoms with Gasteiger partial charge in [0.2, 0.25) is 0 Å². The Kier molecular flexibility index (Phi) is 3.23. The molecule has 0 amide bonds. The van der Waals surface area contributed by atoms with E-state index in [9.17, 15) is 0 Å². The van der Waals surface area contributed by atoms with Crippen LogP contribution in [-0.4, -0.2) is 4.98 Å². The Morgan fingerprint density at radius 1 is 1.33 bits per heavy atom. The van der Waals surface area contributed by atoms with Gasteiger partial charge in [0.05, 0.1) is 6.20 Å². The zero-order valence-electron chi connectivity index (χ0n) is 7.90. The second kappa shape index (κ2) is 4.63. The van der Waals surface area contributed by atoms with Gasteiger partial charge < -0.3 is 11.1 Å². The minimum Gasteiger partial charge on any atom is -0.389 e. The molecule has 0 spiro atoms. The van der Waals surface area contributed by atoms with E-state index < -0.39 is 0 Å². The number of nitrogens with one attached hydrogen (secondary N) is 1. The summed E-state index contributed by atoms with van der Waals surface area (Å²) in [7, 11) is 0. The highest BCUT2D eigenvalue weighted by molar-refractivity contribution is 9.10. The summed E-state index contributed by atoms with van der Waals surface area (Å²) < 4.78 is 1.09. The van der Waals surface area contributed by atoms with Gasteiger partial charge in [0.1, 0.15) is 5.00 Å². The first-order valence-electron chi connectivity index (χ1n) is 4.43. The van der Waals surface area contributed by atoms with Crippen LogP contribution in [0.4, 0.5) is 10.1 Å². The van der Waals surface area contributed by atoms with Gasteiger partial charge >= 0.3 is 0 Å². The van der Waals surface area contributed by atoms with Crippen molar-refractivity contribution in [1.82, 2.24) is 4.98 Å². The maximum absolute atomic E-state index is 5.58. The molecular weight excluding hydrogens is 274 g/mol. The maximum atomic E-state index is 5.58. The summed E-state index contributed by atoms with van der Waals surface area (Å²) in [6.07, 6.45) is 1.66. The lowest BCUT2D eigenvalue weighted by Crippen LogP contribution is -1.98. The van der Waals surface area contributed by atoms with Crippen LogP contribution < -0.4 is 11.1 Å². The molecule has 0 aliphatic carbocycles. The van der Waals surface area contributed by atoms with Crippen molar-refractivity contribution in [2.45, 2.75) is 6.54 Å². The smallest absolute Gasteiger partial charge is 0.184 e. The molecule has 1 aromatic heterocycles. The number of aromatic nitrogens is 1. The first kappa shape index (κ1) is 10.4. The molecule has 0 unspecified atom stereocenters. The molecule has 3 nitrogen and oxygen atoms in total. The number of nitrogens with two attached hydrogens (primary N) is 1. The quantitative estimate of drug-likeness (QED) is 0.910. The number of benzene rings is 1. The van der Waals surface area contributed by atoms with Crippen molar-refractivity contribution in [2.24, 2.45) is 0 Å². The molecule has 5 heteroatoms. The Hall–Kier alpha value is -1.07. The van der Waals surface area contributed by atoms with E-state index in [-0.39, 0.29) is 0 Å². The highest BCUT2D eigenvalue weighted by Gasteiger charge is 1.98. The summed E-state index contributed by atoms with van der Waals surface area (Å²) >= 11 is 4.85.